The summed E-state index contributed by atoms with van der Waals surface area (Å²) in [6.45, 7) is 0.481. The van der Waals surface area contributed by atoms with E-state index in [4.69, 9.17) is 17.3 Å². The zero-order valence-electron chi connectivity index (χ0n) is 8.48. The number of nitrogens with two attached hydrogens (primary N) is 1. The van der Waals surface area contributed by atoms with Crippen molar-refractivity contribution in [2.75, 3.05) is 6.54 Å². The van der Waals surface area contributed by atoms with Gasteiger partial charge in [-0.2, -0.15) is 5.10 Å². The topological polar surface area (TPSA) is 43.8 Å². The Kier molecular flexibility index (Phi) is 3.63. The number of aromatic nitrogens is 2. The molecule has 3 nitrogen and oxygen atoms in total. The smallest absolute Gasteiger partial charge is 0.0891 e. The van der Waals surface area contributed by atoms with Crippen LogP contribution < -0.4 is 5.73 Å². The van der Waals surface area contributed by atoms with Gasteiger partial charge in [-0.15, -0.1) is 0 Å². The van der Waals surface area contributed by atoms with Gasteiger partial charge in [0, 0.05) is 17.8 Å². The van der Waals surface area contributed by atoms with Crippen molar-refractivity contribution in [2.45, 2.75) is 6.04 Å². The van der Waals surface area contributed by atoms with Gasteiger partial charge in [0.15, 0.2) is 0 Å². The Morgan fingerprint density at radius 3 is 2.88 bits per heavy atom. The molecule has 0 fully saturated rings. The van der Waals surface area contributed by atoms with Crippen LogP contribution in [-0.2, 0) is 0 Å². The van der Waals surface area contributed by atoms with Gasteiger partial charge in [-0.1, -0.05) is 23.7 Å². The van der Waals surface area contributed by atoms with E-state index >= 15 is 0 Å². The summed E-state index contributed by atoms with van der Waals surface area (Å²) in [5, 5.41) is 4.95. The molecule has 2 rings (SSSR count). The highest BCUT2D eigenvalue weighted by molar-refractivity contribution is 9.10. The second-order valence-corrected chi connectivity index (χ2v) is 4.80. The minimum Gasteiger partial charge on any atom is -0.328 e. The van der Waals surface area contributed by atoms with E-state index in [1.165, 1.54) is 0 Å². The van der Waals surface area contributed by atoms with Gasteiger partial charge >= 0.3 is 0 Å². The molecule has 1 heterocycles. The Morgan fingerprint density at radius 1 is 1.50 bits per heavy atom. The van der Waals surface area contributed by atoms with E-state index in [1.54, 1.807) is 6.20 Å². The van der Waals surface area contributed by atoms with Crippen molar-refractivity contribution in [3.05, 3.63) is 51.7 Å². The minimum absolute atomic E-state index is 0.0185. The van der Waals surface area contributed by atoms with Crippen molar-refractivity contribution < 1.29 is 0 Å². The maximum absolute atomic E-state index is 5.96. The van der Waals surface area contributed by atoms with E-state index in [0.29, 0.717) is 11.6 Å². The molecule has 1 atom stereocenters. The Balaban J connectivity index is 2.36. The lowest BCUT2D eigenvalue weighted by atomic mass is 10.1. The van der Waals surface area contributed by atoms with E-state index in [0.717, 1.165) is 10.0 Å². The van der Waals surface area contributed by atoms with Gasteiger partial charge < -0.3 is 5.73 Å². The second-order valence-electron chi connectivity index (χ2n) is 3.45. The van der Waals surface area contributed by atoms with Gasteiger partial charge in [0.05, 0.1) is 16.7 Å². The lowest BCUT2D eigenvalue weighted by Crippen LogP contribution is -2.20. The average molecular weight is 301 g/mol. The van der Waals surface area contributed by atoms with Crippen molar-refractivity contribution >= 4 is 27.5 Å². The van der Waals surface area contributed by atoms with Crippen LogP contribution in [0.3, 0.4) is 0 Å². The van der Waals surface area contributed by atoms with E-state index < -0.39 is 0 Å². The van der Waals surface area contributed by atoms with Gasteiger partial charge in [0.1, 0.15) is 0 Å². The normalized spacial score (nSPS) is 12.7. The fraction of sp³-hybridized carbons (Fsp3) is 0.182. The molecule has 0 bridgehead atoms. The number of hydrogen-bond acceptors (Lipinski definition) is 2. The summed E-state index contributed by atoms with van der Waals surface area (Å²) in [7, 11) is 0. The number of benzene rings is 1. The van der Waals surface area contributed by atoms with Crippen molar-refractivity contribution in [3.8, 4) is 0 Å². The lowest BCUT2D eigenvalue weighted by molar-refractivity contribution is 0.532. The Labute approximate surface area is 107 Å². The largest absolute Gasteiger partial charge is 0.328 e. The van der Waals surface area contributed by atoms with Crippen LogP contribution in [0.15, 0.2) is 41.1 Å². The molecule has 0 spiro atoms. The SMILES string of the molecule is NCC(c1cccc(Cl)c1)n1cc(Br)cn1. The predicted octanol–water partition coefficient (Wildman–Crippen LogP) is 2.85. The van der Waals surface area contributed by atoms with Crippen LogP contribution in [0.25, 0.3) is 0 Å². The van der Waals surface area contributed by atoms with Crippen molar-refractivity contribution in [2.24, 2.45) is 5.73 Å². The standard InChI is InChI=1S/C11H11BrClN3/c12-9-6-15-16(7-9)11(5-14)8-2-1-3-10(13)4-8/h1-4,6-7,11H,5,14H2. The third kappa shape index (κ3) is 2.45. The number of rotatable bonds is 3. The highest BCUT2D eigenvalue weighted by atomic mass is 79.9. The summed E-state index contributed by atoms with van der Waals surface area (Å²) in [6.07, 6.45) is 3.64. The Morgan fingerprint density at radius 2 is 2.31 bits per heavy atom. The monoisotopic (exact) mass is 299 g/mol. The molecule has 0 saturated heterocycles. The van der Waals surface area contributed by atoms with Gasteiger partial charge in [-0.05, 0) is 33.6 Å². The Hall–Kier alpha value is -0.840. The molecule has 1 aromatic carbocycles. The Bertz CT molecular complexity index is 484. The maximum atomic E-state index is 5.96. The summed E-state index contributed by atoms with van der Waals surface area (Å²) in [5.74, 6) is 0. The molecule has 0 aliphatic rings. The highest BCUT2D eigenvalue weighted by Gasteiger charge is 2.12. The maximum Gasteiger partial charge on any atom is 0.0891 e. The van der Waals surface area contributed by atoms with E-state index in [-0.39, 0.29) is 6.04 Å². The van der Waals surface area contributed by atoms with Crippen LogP contribution in [-0.4, -0.2) is 16.3 Å². The number of nitrogens with zero attached hydrogens (tertiary/aromatic N) is 2. The van der Waals surface area contributed by atoms with Crippen LogP contribution >= 0.6 is 27.5 Å². The first-order chi connectivity index (χ1) is 7.70. The van der Waals surface area contributed by atoms with Crippen molar-refractivity contribution in [1.82, 2.24) is 9.78 Å². The molecule has 0 aliphatic carbocycles. The van der Waals surface area contributed by atoms with Crippen LogP contribution in [0.4, 0.5) is 0 Å². The predicted molar refractivity (Wildman–Crippen MR) is 68.6 cm³/mol. The molecule has 0 saturated carbocycles. The molecule has 0 radical (unpaired) electrons. The van der Waals surface area contributed by atoms with E-state index in [2.05, 4.69) is 21.0 Å². The molecule has 1 unspecified atom stereocenters. The lowest BCUT2D eigenvalue weighted by Gasteiger charge is -2.15. The molecular weight excluding hydrogens is 289 g/mol. The van der Waals surface area contributed by atoms with E-state index in [1.807, 2.05) is 35.1 Å². The fourth-order valence-corrected chi connectivity index (χ4v) is 2.10. The van der Waals surface area contributed by atoms with Crippen molar-refractivity contribution in [3.63, 3.8) is 0 Å². The molecule has 16 heavy (non-hydrogen) atoms. The number of halogens is 2. The molecule has 0 amide bonds. The molecule has 2 aromatic rings. The van der Waals surface area contributed by atoms with Crippen LogP contribution in [0, 0.1) is 0 Å². The van der Waals surface area contributed by atoms with E-state index in [9.17, 15) is 0 Å². The molecule has 84 valence electrons. The first-order valence-corrected chi connectivity index (χ1v) is 6.03. The van der Waals surface area contributed by atoms with Gasteiger partial charge in [0.2, 0.25) is 0 Å². The summed E-state index contributed by atoms with van der Waals surface area (Å²) in [4.78, 5) is 0. The summed E-state index contributed by atoms with van der Waals surface area (Å²) >= 11 is 9.33. The van der Waals surface area contributed by atoms with Crippen LogP contribution in [0.5, 0.6) is 0 Å². The summed E-state index contributed by atoms with van der Waals surface area (Å²) in [5.41, 5.74) is 6.84. The first-order valence-electron chi connectivity index (χ1n) is 4.86. The zero-order chi connectivity index (χ0) is 11.5. The van der Waals surface area contributed by atoms with Crippen LogP contribution in [0.2, 0.25) is 5.02 Å². The third-order valence-corrected chi connectivity index (χ3v) is 2.99. The molecular formula is C11H11BrClN3. The summed E-state index contributed by atoms with van der Waals surface area (Å²) < 4.78 is 2.77. The van der Waals surface area contributed by atoms with Gasteiger partial charge in [-0.3, -0.25) is 4.68 Å². The zero-order valence-corrected chi connectivity index (χ0v) is 10.8. The van der Waals surface area contributed by atoms with Gasteiger partial charge in [0.25, 0.3) is 0 Å². The summed E-state index contributed by atoms with van der Waals surface area (Å²) in [6, 6.07) is 7.69. The third-order valence-electron chi connectivity index (χ3n) is 2.35. The first kappa shape index (κ1) is 11.6. The van der Waals surface area contributed by atoms with Gasteiger partial charge in [-0.25, -0.2) is 0 Å². The second kappa shape index (κ2) is 4.99. The quantitative estimate of drug-likeness (QED) is 0.947. The average Bonchev–Trinajstić information content (AvgIpc) is 2.66. The fourth-order valence-electron chi connectivity index (χ4n) is 1.60. The van der Waals surface area contributed by atoms with Crippen LogP contribution in [0.1, 0.15) is 11.6 Å². The minimum atomic E-state index is 0.0185. The molecule has 2 N–H and O–H groups in total. The molecule has 5 heteroatoms. The molecule has 0 aliphatic heterocycles. The number of hydrogen-bond donors (Lipinski definition) is 1. The highest BCUT2D eigenvalue weighted by Crippen LogP contribution is 2.21. The molecule has 1 aromatic heterocycles. The van der Waals surface area contributed by atoms with Crippen molar-refractivity contribution in [1.29, 1.82) is 0 Å².